The van der Waals surface area contributed by atoms with Crippen molar-refractivity contribution in [3.63, 3.8) is 0 Å². The summed E-state index contributed by atoms with van der Waals surface area (Å²) in [6, 6.07) is 3.50. The van der Waals surface area contributed by atoms with Crippen molar-refractivity contribution in [2.45, 2.75) is 32.1 Å². The third-order valence-corrected chi connectivity index (χ3v) is 3.16. The minimum atomic E-state index is -0.991. The van der Waals surface area contributed by atoms with Crippen molar-refractivity contribution >= 4 is 11.7 Å². The van der Waals surface area contributed by atoms with Crippen LogP contribution in [0, 0.1) is 0 Å². The number of hydrogen-bond acceptors (Lipinski definition) is 3. The van der Waals surface area contributed by atoms with E-state index in [0.29, 0.717) is 5.69 Å². The van der Waals surface area contributed by atoms with Crippen LogP contribution in [0.3, 0.4) is 0 Å². The van der Waals surface area contributed by atoms with Crippen LogP contribution in [-0.2, 0) is 0 Å². The second-order valence-electron chi connectivity index (χ2n) is 4.49. The van der Waals surface area contributed by atoms with Crippen LogP contribution >= 0.6 is 0 Å². The number of carboxylic acids is 1. The molecule has 0 saturated carbocycles. The zero-order valence-electron chi connectivity index (χ0n) is 10.4. The standard InChI is InChI=1S/C14H18N2O2/c17-14(18)13-12(7-4-9-16-13)15-10-8-11-5-2-1-3-6-11/h4-5,7,9,15H,1-3,6,8,10H2,(H,17,18). The van der Waals surface area contributed by atoms with Crippen molar-refractivity contribution in [3.8, 4) is 0 Å². The second-order valence-corrected chi connectivity index (χ2v) is 4.49. The van der Waals surface area contributed by atoms with Gasteiger partial charge in [-0.2, -0.15) is 0 Å². The molecule has 0 saturated heterocycles. The van der Waals surface area contributed by atoms with E-state index in [4.69, 9.17) is 5.11 Å². The number of allylic oxidation sites excluding steroid dienone is 1. The molecule has 1 aliphatic carbocycles. The Labute approximate surface area is 107 Å². The largest absolute Gasteiger partial charge is 0.476 e. The lowest BCUT2D eigenvalue weighted by Crippen LogP contribution is -2.10. The quantitative estimate of drug-likeness (QED) is 0.784. The van der Waals surface area contributed by atoms with Gasteiger partial charge in [0.1, 0.15) is 0 Å². The molecule has 1 heterocycles. The molecule has 18 heavy (non-hydrogen) atoms. The summed E-state index contributed by atoms with van der Waals surface area (Å²) in [6.07, 6.45) is 9.73. The lowest BCUT2D eigenvalue weighted by molar-refractivity contribution is 0.0691. The summed E-state index contributed by atoms with van der Waals surface area (Å²) in [7, 11) is 0. The van der Waals surface area contributed by atoms with Crippen molar-refractivity contribution in [3.05, 3.63) is 35.7 Å². The van der Waals surface area contributed by atoms with E-state index < -0.39 is 5.97 Å². The number of carboxylic acid groups (broad SMARTS) is 1. The van der Waals surface area contributed by atoms with Crippen LogP contribution in [0.25, 0.3) is 0 Å². The molecular weight excluding hydrogens is 228 g/mol. The van der Waals surface area contributed by atoms with Gasteiger partial charge in [0, 0.05) is 12.7 Å². The highest BCUT2D eigenvalue weighted by Crippen LogP contribution is 2.20. The average Bonchev–Trinajstić information content (AvgIpc) is 2.40. The molecule has 0 fully saturated rings. The number of anilines is 1. The minimum absolute atomic E-state index is 0.0927. The lowest BCUT2D eigenvalue weighted by atomic mass is 9.97. The van der Waals surface area contributed by atoms with Gasteiger partial charge in [0.25, 0.3) is 0 Å². The number of pyridine rings is 1. The summed E-state index contributed by atoms with van der Waals surface area (Å²) >= 11 is 0. The first-order chi connectivity index (χ1) is 8.77. The molecule has 0 radical (unpaired) electrons. The van der Waals surface area contributed by atoms with E-state index in [-0.39, 0.29) is 5.69 Å². The zero-order chi connectivity index (χ0) is 12.8. The van der Waals surface area contributed by atoms with Crippen LogP contribution in [-0.4, -0.2) is 22.6 Å². The molecule has 1 aliphatic rings. The van der Waals surface area contributed by atoms with E-state index in [1.807, 2.05) is 0 Å². The van der Waals surface area contributed by atoms with Gasteiger partial charge >= 0.3 is 5.97 Å². The van der Waals surface area contributed by atoms with Gasteiger partial charge < -0.3 is 10.4 Å². The van der Waals surface area contributed by atoms with E-state index in [1.165, 1.54) is 37.5 Å². The molecule has 2 rings (SSSR count). The predicted molar refractivity (Wildman–Crippen MR) is 70.9 cm³/mol. The van der Waals surface area contributed by atoms with Crippen LogP contribution < -0.4 is 5.32 Å². The van der Waals surface area contributed by atoms with Gasteiger partial charge in [-0.25, -0.2) is 9.78 Å². The summed E-state index contributed by atoms with van der Waals surface area (Å²) < 4.78 is 0. The highest BCUT2D eigenvalue weighted by Gasteiger charge is 2.10. The van der Waals surface area contributed by atoms with Gasteiger partial charge in [-0.05, 0) is 44.2 Å². The molecule has 96 valence electrons. The molecule has 0 unspecified atom stereocenters. The maximum atomic E-state index is 11.0. The fraction of sp³-hybridized carbons (Fsp3) is 0.429. The molecule has 0 spiro atoms. The number of aromatic carboxylic acids is 1. The first-order valence-electron chi connectivity index (χ1n) is 6.37. The van der Waals surface area contributed by atoms with Gasteiger partial charge in [0.15, 0.2) is 5.69 Å². The van der Waals surface area contributed by atoms with E-state index in [0.717, 1.165) is 13.0 Å². The SMILES string of the molecule is O=C(O)c1ncccc1NCCC1=CCCCC1. The molecule has 2 N–H and O–H groups in total. The van der Waals surface area contributed by atoms with Gasteiger partial charge in [0.2, 0.25) is 0 Å². The minimum Gasteiger partial charge on any atom is -0.476 e. The maximum Gasteiger partial charge on any atom is 0.356 e. The molecule has 1 aromatic heterocycles. The molecule has 0 amide bonds. The Hall–Kier alpha value is -1.84. The maximum absolute atomic E-state index is 11.0. The number of hydrogen-bond donors (Lipinski definition) is 2. The fourth-order valence-corrected chi connectivity index (χ4v) is 2.21. The van der Waals surface area contributed by atoms with Crippen molar-refractivity contribution < 1.29 is 9.90 Å². The predicted octanol–water partition coefficient (Wildman–Crippen LogP) is 3.08. The molecule has 4 heteroatoms. The molecule has 0 aromatic carbocycles. The smallest absolute Gasteiger partial charge is 0.356 e. The highest BCUT2D eigenvalue weighted by molar-refractivity contribution is 5.91. The molecule has 0 atom stereocenters. The Morgan fingerprint density at radius 1 is 1.44 bits per heavy atom. The van der Waals surface area contributed by atoms with Gasteiger partial charge in [-0.15, -0.1) is 0 Å². The molecule has 0 bridgehead atoms. The monoisotopic (exact) mass is 246 g/mol. The Morgan fingerprint density at radius 3 is 3.06 bits per heavy atom. The van der Waals surface area contributed by atoms with E-state index in [2.05, 4.69) is 16.4 Å². The van der Waals surface area contributed by atoms with Gasteiger partial charge in [-0.1, -0.05) is 11.6 Å². The Kier molecular flexibility index (Phi) is 4.34. The van der Waals surface area contributed by atoms with Crippen LogP contribution in [0.4, 0.5) is 5.69 Å². The summed E-state index contributed by atoms with van der Waals surface area (Å²) in [5.74, 6) is -0.991. The van der Waals surface area contributed by atoms with Crippen LogP contribution in [0.2, 0.25) is 0 Å². The highest BCUT2D eigenvalue weighted by atomic mass is 16.4. The van der Waals surface area contributed by atoms with E-state index >= 15 is 0 Å². The Bertz CT molecular complexity index is 455. The normalized spacial score (nSPS) is 15.0. The van der Waals surface area contributed by atoms with Crippen molar-refractivity contribution in [2.75, 3.05) is 11.9 Å². The number of nitrogens with one attached hydrogen (secondary N) is 1. The van der Waals surface area contributed by atoms with Gasteiger partial charge in [-0.3, -0.25) is 0 Å². The first kappa shape index (κ1) is 12.6. The topological polar surface area (TPSA) is 62.2 Å². The van der Waals surface area contributed by atoms with Crippen molar-refractivity contribution in [1.29, 1.82) is 0 Å². The second kappa shape index (κ2) is 6.19. The summed E-state index contributed by atoms with van der Waals surface area (Å²) in [4.78, 5) is 14.8. The number of nitrogens with zero attached hydrogens (tertiary/aromatic N) is 1. The summed E-state index contributed by atoms with van der Waals surface area (Å²) in [5, 5.41) is 12.2. The Morgan fingerprint density at radius 2 is 2.33 bits per heavy atom. The first-order valence-corrected chi connectivity index (χ1v) is 6.37. The van der Waals surface area contributed by atoms with Crippen LogP contribution in [0.15, 0.2) is 30.0 Å². The Balaban J connectivity index is 1.90. The zero-order valence-corrected chi connectivity index (χ0v) is 10.4. The number of carbonyl (C=O) groups is 1. The molecule has 4 nitrogen and oxygen atoms in total. The van der Waals surface area contributed by atoms with Crippen LogP contribution in [0.1, 0.15) is 42.6 Å². The third kappa shape index (κ3) is 3.32. The van der Waals surface area contributed by atoms with Crippen LogP contribution in [0.5, 0.6) is 0 Å². The van der Waals surface area contributed by atoms with E-state index in [1.54, 1.807) is 12.1 Å². The van der Waals surface area contributed by atoms with E-state index in [9.17, 15) is 4.79 Å². The summed E-state index contributed by atoms with van der Waals surface area (Å²) in [6.45, 7) is 0.762. The lowest BCUT2D eigenvalue weighted by Gasteiger charge is -2.14. The average molecular weight is 246 g/mol. The molecule has 1 aromatic rings. The summed E-state index contributed by atoms with van der Waals surface area (Å²) in [5.41, 5.74) is 2.17. The number of aromatic nitrogens is 1. The molecular formula is C14H18N2O2. The molecule has 0 aliphatic heterocycles. The van der Waals surface area contributed by atoms with Gasteiger partial charge in [0.05, 0.1) is 5.69 Å². The van der Waals surface area contributed by atoms with Crippen molar-refractivity contribution in [1.82, 2.24) is 4.98 Å². The third-order valence-electron chi connectivity index (χ3n) is 3.16. The fourth-order valence-electron chi connectivity index (χ4n) is 2.21. The van der Waals surface area contributed by atoms with Crippen molar-refractivity contribution in [2.24, 2.45) is 0 Å². The number of rotatable bonds is 5.